The van der Waals surface area contributed by atoms with Crippen molar-refractivity contribution in [2.75, 3.05) is 5.32 Å². The van der Waals surface area contributed by atoms with Gasteiger partial charge in [-0.25, -0.2) is 0 Å². The molecule has 0 unspecified atom stereocenters. The van der Waals surface area contributed by atoms with Gasteiger partial charge in [0.15, 0.2) is 0 Å². The Morgan fingerprint density at radius 2 is 2.00 bits per heavy atom. The number of anilines is 1. The van der Waals surface area contributed by atoms with Crippen LogP contribution in [0.5, 0.6) is 0 Å². The predicted molar refractivity (Wildman–Crippen MR) is 101 cm³/mol. The van der Waals surface area contributed by atoms with Crippen molar-refractivity contribution >= 4 is 35.0 Å². The number of nitrogens with zero attached hydrogens (tertiary/aromatic N) is 1. The standard InChI is InChI=1S/C19H17ClN2O2S/c1-12-17(13(2)24-22-12)11-25-18-9-4-3-8-16(18)19(23)21-15-7-5-6-14(20)10-15/h3-10H,11H2,1-2H3,(H,21,23). The van der Waals surface area contributed by atoms with Crippen LogP contribution in [0.4, 0.5) is 5.69 Å². The summed E-state index contributed by atoms with van der Waals surface area (Å²) >= 11 is 7.56. The minimum atomic E-state index is -0.163. The summed E-state index contributed by atoms with van der Waals surface area (Å²) in [5.74, 6) is 1.35. The summed E-state index contributed by atoms with van der Waals surface area (Å²) in [6.07, 6.45) is 0. The normalized spacial score (nSPS) is 10.7. The topological polar surface area (TPSA) is 55.1 Å². The second-order valence-corrected chi connectivity index (χ2v) is 7.01. The first kappa shape index (κ1) is 17.6. The van der Waals surface area contributed by atoms with Crippen molar-refractivity contribution < 1.29 is 9.32 Å². The summed E-state index contributed by atoms with van der Waals surface area (Å²) in [6, 6.07) is 14.6. The Bertz CT molecular complexity index is 888. The molecule has 1 amide bonds. The van der Waals surface area contributed by atoms with Gasteiger partial charge in [-0.1, -0.05) is 35.0 Å². The number of amides is 1. The number of benzene rings is 2. The van der Waals surface area contributed by atoms with Gasteiger partial charge in [-0.3, -0.25) is 4.79 Å². The maximum absolute atomic E-state index is 12.6. The summed E-state index contributed by atoms with van der Waals surface area (Å²) in [7, 11) is 0. The van der Waals surface area contributed by atoms with E-state index in [0.29, 0.717) is 22.0 Å². The SMILES string of the molecule is Cc1noc(C)c1CSc1ccccc1C(=O)Nc1cccc(Cl)c1. The highest BCUT2D eigenvalue weighted by molar-refractivity contribution is 7.98. The average Bonchev–Trinajstić information content (AvgIpc) is 2.91. The van der Waals surface area contributed by atoms with Crippen molar-refractivity contribution in [3.8, 4) is 0 Å². The number of aryl methyl sites for hydroxylation is 2. The summed E-state index contributed by atoms with van der Waals surface area (Å²) in [6.45, 7) is 3.82. The molecule has 3 aromatic rings. The average molecular weight is 373 g/mol. The molecule has 0 fully saturated rings. The first-order chi connectivity index (χ1) is 12.0. The lowest BCUT2D eigenvalue weighted by Gasteiger charge is -2.10. The molecule has 0 spiro atoms. The van der Waals surface area contributed by atoms with Crippen molar-refractivity contribution in [1.82, 2.24) is 5.16 Å². The molecule has 4 nitrogen and oxygen atoms in total. The van der Waals surface area contributed by atoms with Crippen LogP contribution in [-0.4, -0.2) is 11.1 Å². The molecule has 1 N–H and O–H groups in total. The molecule has 0 saturated heterocycles. The van der Waals surface area contributed by atoms with Gasteiger partial charge in [0.05, 0.1) is 11.3 Å². The third-order valence-electron chi connectivity index (χ3n) is 3.77. The molecular formula is C19H17ClN2O2S. The fourth-order valence-electron chi connectivity index (χ4n) is 2.40. The number of carbonyl (C=O) groups excluding carboxylic acids is 1. The molecule has 0 aliphatic heterocycles. The minimum absolute atomic E-state index is 0.163. The van der Waals surface area contributed by atoms with E-state index in [-0.39, 0.29) is 5.91 Å². The van der Waals surface area contributed by atoms with Gasteiger partial charge in [0.1, 0.15) is 5.76 Å². The molecule has 0 atom stereocenters. The van der Waals surface area contributed by atoms with Crippen LogP contribution in [0.3, 0.4) is 0 Å². The first-order valence-electron chi connectivity index (χ1n) is 7.75. The quantitative estimate of drug-likeness (QED) is 0.601. The highest BCUT2D eigenvalue weighted by atomic mass is 35.5. The number of thioether (sulfide) groups is 1. The van der Waals surface area contributed by atoms with E-state index < -0.39 is 0 Å². The molecular weight excluding hydrogens is 356 g/mol. The van der Waals surface area contributed by atoms with Crippen molar-refractivity contribution in [3.63, 3.8) is 0 Å². The van der Waals surface area contributed by atoms with E-state index in [1.165, 1.54) is 0 Å². The van der Waals surface area contributed by atoms with E-state index in [0.717, 1.165) is 21.9 Å². The van der Waals surface area contributed by atoms with E-state index in [2.05, 4.69) is 10.5 Å². The van der Waals surface area contributed by atoms with Gasteiger partial charge in [0.2, 0.25) is 0 Å². The second-order valence-electron chi connectivity index (χ2n) is 5.55. The van der Waals surface area contributed by atoms with Crippen molar-refractivity contribution in [1.29, 1.82) is 0 Å². The van der Waals surface area contributed by atoms with E-state index in [9.17, 15) is 4.79 Å². The Kier molecular flexibility index (Phi) is 5.46. The van der Waals surface area contributed by atoms with Crippen LogP contribution in [0.1, 0.15) is 27.4 Å². The fraction of sp³-hybridized carbons (Fsp3) is 0.158. The van der Waals surface area contributed by atoms with Crippen LogP contribution in [0.2, 0.25) is 5.02 Å². The molecule has 3 rings (SSSR count). The van der Waals surface area contributed by atoms with Gasteiger partial charge in [-0.2, -0.15) is 0 Å². The van der Waals surface area contributed by atoms with Crippen LogP contribution in [0, 0.1) is 13.8 Å². The van der Waals surface area contributed by atoms with Crippen molar-refractivity contribution in [2.24, 2.45) is 0 Å². The minimum Gasteiger partial charge on any atom is -0.361 e. The first-order valence-corrected chi connectivity index (χ1v) is 9.11. The smallest absolute Gasteiger partial charge is 0.256 e. The summed E-state index contributed by atoms with van der Waals surface area (Å²) in [5, 5.41) is 7.44. The van der Waals surface area contributed by atoms with Crippen LogP contribution in [0.25, 0.3) is 0 Å². The van der Waals surface area contributed by atoms with Gasteiger partial charge < -0.3 is 9.84 Å². The maximum Gasteiger partial charge on any atom is 0.256 e. The predicted octanol–water partition coefficient (Wildman–Crippen LogP) is 5.49. The Morgan fingerprint density at radius 3 is 2.72 bits per heavy atom. The zero-order chi connectivity index (χ0) is 17.8. The number of aromatic nitrogens is 1. The van der Waals surface area contributed by atoms with Gasteiger partial charge in [-0.15, -0.1) is 11.8 Å². The van der Waals surface area contributed by atoms with Crippen LogP contribution >= 0.6 is 23.4 Å². The molecule has 1 heterocycles. The monoisotopic (exact) mass is 372 g/mol. The zero-order valence-electron chi connectivity index (χ0n) is 13.9. The molecule has 6 heteroatoms. The van der Waals surface area contributed by atoms with E-state index >= 15 is 0 Å². The number of rotatable bonds is 5. The molecule has 25 heavy (non-hydrogen) atoms. The molecule has 1 aromatic heterocycles. The van der Waals surface area contributed by atoms with Crippen LogP contribution < -0.4 is 5.32 Å². The van der Waals surface area contributed by atoms with Gasteiger partial charge in [0, 0.05) is 26.9 Å². The Morgan fingerprint density at radius 1 is 1.20 bits per heavy atom. The summed E-state index contributed by atoms with van der Waals surface area (Å²) in [5.41, 5.74) is 3.24. The molecule has 0 saturated carbocycles. The van der Waals surface area contributed by atoms with E-state index in [1.54, 1.807) is 30.0 Å². The Labute approximate surface area is 155 Å². The zero-order valence-corrected chi connectivity index (χ0v) is 15.4. The summed E-state index contributed by atoms with van der Waals surface area (Å²) < 4.78 is 5.20. The highest BCUT2D eigenvalue weighted by Gasteiger charge is 2.14. The van der Waals surface area contributed by atoms with Gasteiger partial charge in [-0.05, 0) is 44.2 Å². The Balaban J connectivity index is 1.77. The highest BCUT2D eigenvalue weighted by Crippen LogP contribution is 2.29. The van der Waals surface area contributed by atoms with E-state index in [4.69, 9.17) is 16.1 Å². The van der Waals surface area contributed by atoms with Crippen molar-refractivity contribution in [2.45, 2.75) is 24.5 Å². The number of nitrogens with one attached hydrogen (secondary N) is 1. The number of halogens is 1. The number of carbonyl (C=O) groups is 1. The van der Waals surface area contributed by atoms with Gasteiger partial charge in [0.25, 0.3) is 5.91 Å². The third kappa shape index (κ3) is 4.24. The van der Waals surface area contributed by atoms with E-state index in [1.807, 2.05) is 44.2 Å². The third-order valence-corrected chi connectivity index (χ3v) is 5.10. The van der Waals surface area contributed by atoms with Crippen LogP contribution in [-0.2, 0) is 5.75 Å². The lowest BCUT2D eigenvalue weighted by Crippen LogP contribution is -2.12. The number of hydrogen-bond donors (Lipinski definition) is 1. The van der Waals surface area contributed by atoms with Crippen LogP contribution in [0.15, 0.2) is 57.9 Å². The molecule has 128 valence electrons. The summed E-state index contributed by atoms with van der Waals surface area (Å²) in [4.78, 5) is 13.5. The second kappa shape index (κ2) is 7.76. The fourth-order valence-corrected chi connectivity index (χ4v) is 3.80. The lowest BCUT2D eigenvalue weighted by molar-refractivity contribution is 0.102. The largest absolute Gasteiger partial charge is 0.361 e. The molecule has 0 radical (unpaired) electrons. The molecule has 0 aliphatic carbocycles. The van der Waals surface area contributed by atoms with Gasteiger partial charge >= 0.3 is 0 Å². The number of hydrogen-bond acceptors (Lipinski definition) is 4. The lowest BCUT2D eigenvalue weighted by atomic mass is 10.2. The molecule has 2 aromatic carbocycles. The van der Waals surface area contributed by atoms with Crippen molar-refractivity contribution in [3.05, 3.63) is 76.1 Å². The molecule has 0 aliphatic rings. The molecule has 0 bridgehead atoms. The maximum atomic E-state index is 12.6. The Hall–Kier alpha value is -2.24.